The number of hydrogen-bond acceptors (Lipinski definition) is 4. The van der Waals surface area contributed by atoms with Crippen molar-refractivity contribution in [3.05, 3.63) is 75.6 Å². The van der Waals surface area contributed by atoms with E-state index in [4.69, 9.17) is 4.74 Å². The maximum Gasteiger partial charge on any atom is 0.330 e. The normalized spacial score (nSPS) is 11.3. The largest absolute Gasteiger partial charge is 0.463 e. The minimum Gasteiger partial charge on any atom is -0.463 e. The Hall–Kier alpha value is -3.42. The molecule has 0 unspecified atom stereocenters. The topological polar surface area (TPSA) is 61.2 Å². The fourth-order valence-corrected chi connectivity index (χ4v) is 2.78. The molecule has 5 nitrogen and oxygen atoms in total. The van der Waals surface area contributed by atoms with E-state index in [1.165, 1.54) is 19.1 Å². The first kappa shape index (κ1) is 19.3. The molecule has 1 heterocycles. The molecular weight excluding hydrogens is 373 g/mol. The number of aryl methyl sites for hydroxylation is 1. The highest BCUT2D eigenvalue weighted by Crippen LogP contribution is 2.21. The number of benzene rings is 2. The van der Waals surface area contributed by atoms with Gasteiger partial charge in [0.1, 0.15) is 29.0 Å². The summed E-state index contributed by atoms with van der Waals surface area (Å²) in [5.74, 6) is -3.26. The van der Waals surface area contributed by atoms with Crippen LogP contribution in [0.5, 0.6) is 0 Å². The van der Waals surface area contributed by atoms with Crippen molar-refractivity contribution in [2.75, 3.05) is 6.61 Å². The van der Waals surface area contributed by atoms with Crippen molar-refractivity contribution in [3.63, 3.8) is 0 Å². The van der Waals surface area contributed by atoms with E-state index in [1.807, 2.05) is 0 Å². The zero-order valence-corrected chi connectivity index (χ0v) is 15.0. The van der Waals surface area contributed by atoms with Crippen molar-refractivity contribution >= 4 is 22.9 Å². The number of halogens is 3. The molecule has 0 N–H and O–H groups in total. The van der Waals surface area contributed by atoms with E-state index in [0.29, 0.717) is 0 Å². The predicted octanol–water partition coefficient (Wildman–Crippen LogP) is 3.69. The average Bonchev–Trinajstić information content (AvgIpc) is 2.63. The molecule has 0 aliphatic rings. The van der Waals surface area contributed by atoms with Crippen LogP contribution in [0, 0.1) is 24.4 Å². The molecule has 0 aliphatic carbocycles. The highest BCUT2D eigenvalue weighted by Gasteiger charge is 2.18. The van der Waals surface area contributed by atoms with Gasteiger partial charge in [-0.1, -0.05) is 6.07 Å². The molecule has 0 fully saturated rings. The van der Waals surface area contributed by atoms with Gasteiger partial charge in [0.25, 0.3) is 5.56 Å². The first-order chi connectivity index (χ1) is 13.3. The first-order valence-corrected chi connectivity index (χ1v) is 8.35. The number of para-hydroxylation sites is 1. The van der Waals surface area contributed by atoms with E-state index < -0.39 is 34.7 Å². The number of fused-ring (bicyclic) bond motifs is 1. The smallest absolute Gasteiger partial charge is 0.330 e. The highest BCUT2D eigenvalue weighted by atomic mass is 19.1. The van der Waals surface area contributed by atoms with Gasteiger partial charge < -0.3 is 4.74 Å². The summed E-state index contributed by atoms with van der Waals surface area (Å²) in [6, 6.07) is 5.41. The number of carbonyl (C=O) groups is 1. The molecule has 0 aliphatic heterocycles. The molecule has 3 rings (SSSR count). The molecule has 0 spiro atoms. The minimum atomic E-state index is -0.934. The lowest BCUT2D eigenvalue weighted by atomic mass is 10.1. The van der Waals surface area contributed by atoms with Gasteiger partial charge in [0, 0.05) is 17.7 Å². The van der Waals surface area contributed by atoms with E-state index in [0.717, 1.165) is 34.9 Å². The number of rotatable bonds is 4. The molecule has 144 valence electrons. The van der Waals surface area contributed by atoms with E-state index in [-0.39, 0.29) is 28.9 Å². The van der Waals surface area contributed by atoms with Crippen LogP contribution >= 0.6 is 0 Å². The molecule has 2 aromatic carbocycles. The zero-order chi connectivity index (χ0) is 20.4. The van der Waals surface area contributed by atoms with Crippen LogP contribution in [0.2, 0.25) is 0 Å². The third-order valence-corrected chi connectivity index (χ3v) is 4.00. The Labute approximate surface area is 157 Å². The molecule has 28 heavy (non-hydrogen) atoms. The van der Waals surface area contributed by atoms with Crippen LogP contribution in [0.25, 0.3) is 22.7 Å². The molecule has 0 atom stereocenters. The third-order valence-electron chi connectivity index (χ3n) is 4.00. The van der Waals surface area contributed by atoms with Crippen LogP contribution < -0.4 is 5.56 Å². The van der Waals surface area contributed by atoms with Crippen molar-refractivity contribution in [2.24, 2.45) is 0 Å². The maximum absolute atomic E-state index is 14.3. The standard InChI is InChI=1S/C20H15F3N2O3/c1-3-28-18(26)8-7-12-9-13-17(10-16(12)23)24-11(2)25(20(13)27)19-14(21)5-4-6-15(19)22/h4-10H,3H2,1-2H3. The molecule has 3 aromatic rings. The number of hydrogen-bond donors (Lipinski definition) is 0. The van der Waals surface area contributed by atoms with Gasteiger partial charge in [-0.25, -0.2) is 22.9 Å². The minimum absolute atomic E-state index is 0.00397. The summed E-state index contributed by atoms with van der Waals surface area (Å²) in [6.45, 7) is 3.17. The van der Waals surface area contributed by atoms with Gasteiger partial charge in [-0.05, 0) is 38.1 Å². The Bertz CT molecular complexity index is 1150. The molecule has 0 amide bonds. The van der Waals surface area contributed by atoms with Gasteiger partial charge in [-0.3, -0.25) is 9.36 Å². The summed E-state index contributed by atoms with van der Waals surface area (Å²) in [6.07, 6.45) is 2.17. The van der Waals surface area contributed by atoms with E-state index in [9.17, 15) is 22.8 Å². The second-order valence-corrected chi connectivity index (χ2v) is 5.85. The fourth-order valence-electron chi connectivity index (χ4n) is 2.78. The Morgan fingerprint density at radius 2 is 1.86 bits per heavy atom. The van der Waals surface area contributed by atoms with E-state index >= 15 is 0 Å². The lowest BCUT2D eigenvalue weighted by Gasteiger charge is -2.13. The van der Waals surface area contributed by atoms with Crippen LogP contribution in [0.4, 0.5) is 13.2 Å². The summed E-state index contributed by atoms with van der Waals surface area (Å²) >= 11 is 0. The summed E-state index contributed by atoms with van der Waals surface area (Å²) in [7, 11) is 0. The quantitative estimate of drug-likeness (QED) is 0.505. The summed E-state index contributed by atoms with van der Waals surface area (Å²) < 4.78 is 48.2. The van der Waals surface area contributed by atoms with Crippen molar-refractivity contribution in [2.45, 2.75) is 13.8 Å². The number of carbonyl (C=O) groups excluding carboxylic acids is 1. The van der Waals surface area contributed by atoms with Gasteiger partial charge >= 0.3 is 5.97 Å². The van der Waals surface area contributed by atoms with Crippen molar-refractivity contribution in [3.8, 4) is 5.69 Å². The predicted molar refractivity (Wildman–Crippen MR) is 97.6 cm³/mol. The van der Waals surface area contributed by atoms with Gasteiger partial charge in [0.2, 0.25) is 0 Å². The molecule has 8 heteroatoms. The van der Waals surface area contributed by atoms with E-state index in [2.05, 4.69) is 4.98 Å². The van der Waals surface area contributed by atoms with Gasteiger partial charge in [0.15, 0.2) is 0 Å². The second kappa shape index (κ2) is 7.67. The number of esters is 1. The zero-order valence-electron chi connectivity index (χ0n) is 15.0. The average molecular weight is 388 g/mol. The van der Waals surface area contributed by atoms with Crippen LogP contribution in [0.3, 0.4) is 0 Å². The van der Waals surface area contributed by atoms with Crippen molar-refractivity contribution < 1.29 is 22.7 Å². The second-order valence-electron chi connectivity index (χ2n) is 5.85. The third kappa shape index (κ3) is 3.53. The Morgan fingerprint density at radius 3 is 2.50 bits per heavy atom. The summed E-state index contributed by atoms with van der Waals surface area (Å²) in [5, 5.41) is -0.0573. The molecule has 0 radical (unpaired) electrons. The van der Waals surface area contributed by atoms with Crippen LogP contribution in [0.15, 0.2) is 41.2 Å². The number of nitrogens with zero attached hydrogens (tertiary/aromatic N) is 2. The number of ether oxygens (including phenoxy) is 1. The van der Waals surface area contributed by atoms with Crippen LogP contribution in [-0.4, -0.2) is 22.1 Å². The monoisotopic (exact) mass is 388 g/mol. The summed E-state index contributed by atoms with van der Waals surface area (Å²) in [4.78, 5) is 28.4. The maximum atomic E-state index is 14.3. The molecule has 0 saturated carbocycles. The van der Waals surface area contributed by atoms with Crippen molar-refractivity contribution in [1.29, 1.82) is 0 Å². The van der Waals surface area contributed by atoms with E-state index in [1.54, 1.807) is 6.92 Å². The Morgan fingerprint density at radius 1 is 1.18 bits per heavy atom. The molecule has 0 saturated heterocycles. The molecule has 0 bridgehead atoms. The first-order valence-electron chi connectivity index (χ1n) is 8.35. The summed E-state index contributed by atoms with van der Waals surface area (Å²) in [5.41, 5.74) is -1.37. The lowest BCUT2D eigenvalue weighted by Crippen LogP contribution is -2.24. The van der Waals surface area contributed by atoms with Crippen LogP contribution in [0.1, 0.15) is 18.3 Å². The van der Waals surface area contributed by atoms with Gasteiger partial charge in [-0.2, -0.15) is 0 Å². The Kier molecular flexibility index (Phi) is 5.30. The molecular formula is C20H15F3N2O3. The van der Waals surface area contributed by atoms with Gasteiger partial charge in [-0.15, -0.1) is 0 Å². The fraction of sp³-hybridized carbons (Fsp3) is 0.150. The number of aromatic nitrogens is 2. The lowest BCUT2D eigenvalue weighted by molar-refractivity contribution is -0.137. The Balaban J connectivity index is 2.23. The van der Waals surface area contributed by atoms with Crippen molar-refractivity contribution in [1.82, 2.24) is 9.55 Å². The molecule has 1 aromatic heterocycles. The van der Waals surface area contributed by atoms with Gasteiger partial charge in [0.05, 0.1) is 17.5 Å². The highest BCUT2D eigenvalue weighted by molar-refractivity contribution is 5.88. The SMILES string of the molecule is CCOC(=O)C=Cc1cc2c(=O)n(-c3c(F)cccc3F)c(C)nc2cc1F. The van der Waals surface area contributed by atoms with Crippen LogP contribution in [-0.2, 0) is 9.53 Å².